The summed E-state index contributed by atoms with van der Waals surface area (Å²) in [5.74, 6) is -0.396. The van der Waals surface area contributed by atoms with Gasteiger partial charge in [-0.25, -0.2) is 5.43 Å². The first-order valence-electron chi connectivity index (χ1n) is 8.42. The van der Waals surface area contributed by atoms with Gasteiger partial charge in [0.1, 0.15) is 5.75 Å². The molecule has 6 nitrogen and oxygen atoms in total. The lowest BCUT2D eigenvalue weighted by Crippen LogP contribution is -2.17. The van der Waals surface area contributed by atoms with Gasteiger partial charge in [0.05, 0.1) is 17.6 Å². The smallest absolute Gasteiger partial charge is 0.271 e. The summed E-state index contributed by atoms with van der Waals surface area (Å²) in [6, 6.07) is 19.0. The van der Waals surface area contributed by atoms with Crippen molar-refractivity contribution in [3.05, 3.63) is 88.4 Å². The van der Waals surface area contributed by atoms with Crippen molar-refractivity contribution in [3.63, 3.8) is 0 Å². The quantitative estimate of drug-likeness (QED) is 0.339. The molecule has 0 aliphatic heterocycles. The Labute approximate surface area is 167 Å². The van der Waals surface area contributed by atoms with E-state index < -0.39 is 5.91 Å². The number of hydrazone groups is 1. The van der Waals surface area contributed by atoms with Crippen LogP contribution in [0.15, 0.2) is 82.1 Å². The van der Waals surface area contributed by atoms with E-state index in [4.69, 9.17) is 11.6 Å². The fourth-order valence-electron chi connectivity index (χ4n) is 2.28. The molecule has 0 spiro atoms. The number of azo groups is 1. The number of aromatic hydroxyl groups is 1. The van der Waals surface area contributed by atoms with Gasteiger partial charge < -0.3 is 5.11 Å². The van der Waals surface area contributed by atoms with Crippen LogP contribution < -0.4 is 5.43 Å². The molecular formula is C21H17ClN4O2. The Bertz CT molecular complexity index is 1050. The lowest BCUT2D eigenvalue weighted by atomic mass is 10.1. The van der Waals surface area contributed by atoms with E-state index in [-0.39, 0.29) is 5.75 Å². The molecule has 3 aromatic carbocycles. The van der Waals surface area contributed by atoms with Gasteiger partial charge in [-0.1, -0.05) is 35.9 Å². The van der Waals surface area contributed by atoms with Crippen molar-refractivity contribution in [2.45, 2.75) is 6.92 Å². The summed E-state index contributed by atoms with van der Waals surface area (Å²) in [6.45, 7) is 1.85. The molecule has 0 fully saturated rings. The van der Waals surface area contributed by atoms with Crippen molar-refractivity contribution in [1.82, 2.24) is 5.43 Å². The van der Waals surface area contributed by atoms with Gasteiger partial charge >= 0.3 is 0 Å². The fourth-order valence-corrected chi connectivity index (χ4v) is 2.46. The molecule has 1 amide bonds. The summed E-state index contributed by atoms with van der Waals surface area (Å²) < 4.78 is 0. The van der Waals surface area contributed by atoms with Gasteiger partial charge in [-0.05, 0) is 55.0 Å². The molecule has 0 saturated carbocycles. The third kappa shape index (κ3) is 5.02. The van der Waals surface area contributed by atoms with Crippen molar-refractivity contribution in [3.8, 4) is 5.75 Å². The second-order valence-corrected chi connectivity index (χ2v) is 6.35. The van der Waals surface area contributed by atoms with Crippen LogP contribution in [0.1, 0.15) is 21.5 Å². The summed E-state index contributed by atoms with van der Waals surface area (Å²) >= 11 is 6.03. The molecule has 0 atom stereocenters. The van der Waals surface area contributed by atoms with E-state index in [1.807, 2.05) is 37.3 Å². The number of phenolic OH excluding ortho intramolecular Hbond substituents is 1. The van der Waals surface area contributed by atoms with E-state index in [1.54, 1.807) is 30.3 Å². The van der Waals surface area contributed by atoms with Crippen LogP contribution in [0.5, 0.6) is 5.75 Å². The van der Waals surface area contributed by atoms with Gasteiger partial charge in [0.2, 0.25) is 0 Å². The number of hydrogen-bond donors (Lipinski definition) is 2. The highest BCUT2D eigenvalue weighted by Gasteiger charge is 2.06. The van der Waals surface area contributed by atoms with Gasteiger partial charge in [0.25, 0.3) is 5.91 Å². The molecule has 0 aliphatic carbocycles. The van der Waals surface area contributed by atoms with Gasteiger partial charge in [0, 0.05) is 16.1 Å². The molecule has 3 aromatic rings. The number of hydrogen-bond acceptors (Lipinski definition) is 5. The Balaban J connectivity index is 1.70. The molecule has 7 heteroatoms. The average molecular weight is 393 g/mol. The SMILES string of the molecule is Cc1ccc(C(=O)NN=Cc2cc(N=Nc3ccccc3)ccc2O)cc1Cl. The van der Waals surface area contributed by atoms with Gasteiger partial charge in [0.15, 0.2) is 0 Å². The zero-order valence-electron chi connectivity index (χ0n) is 15.0. The largest absolute Gasteiger partial charge is 0.507 e. The predicted octanol–water partition coefficient (Wildman–Crippen LogP) is 5.53. The van der Waals surface area contributed by atoms with Crippen LogP contribution in [0, 0.1) is 6.92 Å². The second kappa shape index (κ2) is 8.92. The lowest BCUT2D eigenvalue weighted by Gasteiger charge is -2.03. The van der Waals surface area contributed by atoms with Crippen molar-refractivity contribution in [2.75, 3.05) is 0 Å². The highest BCUT2D eigenvalue weighted by Crippen LogP contribution is 2.24. The number of halogens is 1. The first-order valence-corrected chi connectivity index (χ1v) is 8.80. The van der Waals surface area contributed by atoms with Crippen LogP contribution in [0.3, 0.4) is 0 Å². The normalized spacial score (nSPS) is 11.2. The van der Waals surface area contributed by atoms with E-state index in [0.29, 0.717) is 21.8 Å². The summed E-state index contributed by atoms with van der Waals surface area (Å²) in [7, 11) is 0. The predicted molar refractivity (Wildman–Crippen MR) is 110 cm³/mol. The maximum Gasteiger partial charge on any atom is 0.271 e. The standard InChI is InChI=1S/C21H17ClN4O2/c1-14-7-8-15(12-19(14)22)21(28)26-23-13-16-11-18(9-10-20(16)27)25-24-17-5-3-2-4-6-17/h2-13,27H,1H3,(H,26,28). The van der Waals surface area contributed by atoms with Crippen LogP contribution in [0.4, 0.5) is 11.4 Å². The zero-order valence-corrected chi connectivity index (χ0v) is 15.8. The summed E-state index contributed by atoms with van der Waals surface area (Å²) in [5, 5.41) is 22.6. The highest BCUT2D eigenvalue weighted by molar-refractivity contribution is 6.31. The Hall–Kier alpha value is -3.51. The van der Waals surface area contributed by atoms with Gasteiger partial charge in [-0.3, -0.25) is 4.79 Å². The van der Waals surface area contributed by atoms with Crippen molar-refractivity contribution in [1.29, 1.82) is 0 Å². The van der Waals surface area contributed by atoms with Crippen molar-refractivity contribution in [2.24, 2.45) is 15.3 Å². The van der Waals surface area contributed by atoms with E-state index in [0.717, 1.165) is 11.3 Å². The first-order chi connectivity index (χ1) is 13.5. The topological polar surface area (TPSA) is 86.4 Å². The number of benzene rings is 3. The average Bonchev–Trinajstić information content (AvgIpc) is 2.71. The minimum atomic E-state index is -0.405. The third-order valence-corrected chi connectivity index (χ3v) is 4.26. The molecule has 0 radical (unpaired) electrons. The summed E-state index contributed by atoms with van der Waals surface area (Å²) in [6.07, 6.45) is 1.34. The first kappa shape index (κ1) is 19.3. The number of nitrogens with zero attached hydrogens (tertiary/aromatic N) is 3. The maximum atomic E-state index is 12.1. The number of amides is 1. The molecule has 3 rings (SSSR count). The Morgan fingerprint density at radius 3 is 2.50 bits per heavy atom. The molecule has 0 saturated heterocycles. The van der Waals surface area contributed by atoms with Crippen LogP contribution in [-0.4, -0.2) is 17.2 Å². The van der Waals surface area contributed by atoms with E-state index in [1.165, 1.54) is 12.3 Å². The Kier molecular flexibility index (Phi) is 6.14. The Morgan fingerprint density at radius 2 is 1.75 bits per heavy atom. The molecule has 2 N–H and O–H groups in total. The number of phenols is 1. The maximum absolute atomic E-state index is 12.1. The number of rotatable bonds is 5. The van der Waals surface area contributed by atoms with Crippen molar-refractivity contribution >= 4 is 35.1 Å². The van der Waals surface area contributed by atoms with Crippen LogP contribution in [0.2, 0.25) is 5.02 Å². The molecule has 28 heavy (non-hydrogen) atoms. The number of aryl methyl sites for hydroxylation is 1. The molecule has 140 valence electrons. The number of carbonyl (C=O) groups is 1. The van der Waals surface area contributed by atoms with Gasteiger partial charge in [-0.2, -0.15) is 15.3 Å². The molecule has 0 aromatic heterocycles. The Morgan fingerprint density at radius 1 is 1.00 bits per heavy atom. The molecular weight excluding hydrogens is 376 g/mol. The number of nitrogens with one attached hydrogen (secondary N) is 1. The fraction of sp³-hybridized carbons (Fsp3) is 0.0476. The van der Waals surface area contributed by atoms with E-state index in [2.05, 4.69) is 20.8 Å². The molecule has 0 aliphatic rings. The van der Waals surface area contributed by atoms with E-state index in [9.17, 15) is 9.90 Å². The molecule has 0 heterocycles. The van der Waals surface area contributed by atoms with E-state index >= 15 is 0 Å². The minimum absolute atomic E-state index is 0.00930. The summed E-state index contributed by atoms with van der Waals surface area (Å²) in [4.78, 5) is 12.1. The van der Waals surface area contributed by atoms with Crippen LogP contribution in [0.25, 0.3) is 0 Å². The second-order valence-electron chi connectivity index (χ2n) is 5.94. The van der Waals surface area contributed by atoms with Crippen LogP contribution in [-0.2, 0) is 0 Å². The lowest BCUT2D eigenvalue weighted by molar-refractivity contribution is 0.0955. The number of carbonyl (C=O) groups excluding carboxylic acids is 1. The molecule has 0 unspecified atom stereocenters. The minimum Gasteiger partial charge on any atom is -0.507 e. The highest BCUT2D eigenvalue weighted by atomic mass is 35.5. The monoisotopic (exact) mass is 392 g/mol. The van der Waals surface area contributed by atoms with Crippen molar-refractivity contribution < 1.29 is 9.90 Å². The molecule has 0 bridgehead atoms. The van der Waals surface area contributed by atoms with Crippen LogP contribution >= 0.6 is 11.6 Å². The summed E-state index contributed by atoms with van der Waals surface area (Å²) in [5.41, 5.74) is 5.33. The van der Waals surface area contributed by atoms with Gasteiger partial charge in [-0.15, -0.1) is 0 Å². The zero-order chi connectivity index (χ0) is 19.9. The third-order valence-electron chi connectivity index (χ3n) is 3.85.